The molecule has 6 rings (SSSR count). The summed E-state index contributed by atoms with van der Waals surface area (Å²) in [5.74, 6) is 5.20. The van der Waals surface area contributed by atoms with Gasteiger partial charge >= 0.3 is 0 Å². The van der Waals surface area contributed by atoms with E-state index in [9.17, 15) is 4.79 Å². The van der Waals surface area contributed by atoms with Crippen molar-refractivity contribution in [2.24, 2.45) is 17.8 Å². The van der Waals surface area contributed by atoms with Crippen molar-refractivity contribution in [1.29, 1.82) is 0 Å². The molecular weight excluding hydrogens is 564 g/mol. The molecule has 4 aliphatic rings. The van der Waals surface area contributed by atoms with Gasteiger partial charge in [-0.1, -0.05) is 30.7 Å². The maximum Gasteiger partial charge on any atom is 0.254 e. The smallest absolute Gasteiger partial charge is 0.254 e. The summed E-state index contributed by atoms with van der Waals surface area (Å²) in [4.78, 5) is 16.1. The third kappa shape index (κ3) is 5.73. The number of carbonyl (C=O) groups is 1. The Hall–Kier alpha value is -3.45. The van der Waals surface area contributed by atoms with E-state index < -0.39 is 0 Å². The average molecular weight is 616 g/mol. The van der Waals surface area contributed by atoms with Crippen LogP contribution in [0.3, 0.4) is 0 Å². The van der Waals surface area contributed by atoms with Crippen molar-refractivity contribution in [3.8, 4) is 11.5 Å². The zero-order valence-corrected chi connectivity index (χ0v) is 28.0. The van der Waals surface area contributed by atoms with Gasteiger partial charge in [-0.05, 0) is 74.1 Å². The topological polar surface area (TPSA) is 57.2 Å². The fourth-order valence-corrected chi connectivity index (χ4v) is 9.46. The van der Waals surface area contributed by atoms with Gasteiger partial charge in [0.15, 0.2) is 17.3 Å². The maximum absolute atomic E-state index is 14.0. The number of benzene rings is 2. The molecule has 6 atom stereocenters. The molecule has 2 saturated heterocycles. The Morgan fingerprint density at radius 1 is 0.956 bits per heavy atom. The minimum atomic E-state index is 0.000433. The first-order chi connectivity index (χ1) is 21.9. The number of carbonyl (C=O) groups excluding carboxylic acids is 1. The van der Waals surface area contributed by atoms with Gasteiger partial charge in [0.25, 0.3) is 5.91 Å². The SMILES string of the molecule is CC[N+]12CCC3=CC(OC)=C(OC)CC3C1C(C)CC(CCC1c3cc(OC)c(OC)cc3CCN1C(=O)c1ccccc1)C2. The second-order valence-corrected chi connectivity index (χ2v) is 13.6. The summed E-state index contributed by atoms with van der Waals surface area (Å²) >= 11 is 0. The van der Waals surface area contributed by atoms with E-state index in [1.54, 1.807) is 34.0 Å². The summed E-state index contributed by atoms with van der Waals surface area (Å²) in [6.45, 7) is 9.13. The maximum atomic E-state index is 14.0. The lowest BCUT2D eigenvalue weighted by Crippen LogP contribution is -2.68. The first-order valence-electron chi connectivity index (χ1n) is 16.8. The molecule has 45 heavy (non-hydrogen) atoms. The molecule has 0 radical (unpaired) electrons. The Labute approximate surface area is 269 Å². The van der Waals surface area contributed by atoms with Gasteiger partial charge in [-0.25, -0.2) is 0 Å². The molecule has 3 heterocycles. The zero-order chi connectivity index (χ0) is 31.7. The van der Waals surface area contributed by atoms with E-state index in [4.69, 9.17) is 18.9 Å². The predicted molar refractivity (Wildman–Crippen MR) is 176 cm³/mol. The second kappa shape index (κ2) is 13.1. The van der Waals surface area contributed by atoms with Crippen molar-refractivity contribution in [2.45, 2.75) is 64.5 Å². The van der Waals surface area contributed by atoms with E-state index in [1.165, 1.54) is 35.1 Å². The van der Waals surface area contributed by atoms with Gasteiger partial charge in [-0.15, -0.1) is 0 Å². The van der Waals surface area contributed by atoms with Gasteiger partial charge < -0.3 is 28.3 Å². The summed E-state index contributed by atoms with van der Waals surface area (Å²) in [6, 6.07) is 14.6. The normalized spacial score (nSPS) is 29.2. The predicted octanol–water partition coefficient (Wildman–Crippen LogP) is 6.94. The van der Waals surface area contributed by atoms with Crippen LogP contribution in [0.5, 0.6) is 11.5 Å². The summed E-state index contributed by atoms with van der Waals surface area (Å²) < 4.78 is 24.1. The van der Waals surface area contributed by atoms with Crippen LogP contribution >= 0.6 is 0 Å². The number of fused-ring (bicyclic) bond motifs is 4. The Balaban J connectivity index is 1.26. The molecule has 1 amide bonds. The highest BCUT2D eigenvalue weighted by molar-refractivity contribution is 5.94. The van der Waals surface area contributed by atoms with Crippen LogP contribution in [0.1, 0.15) is 73.5 Å². The van der Waals surface area contributed by atoms with E-state index in [0.717, 1.165) is 67.2 Å². The lowest BCUT2D eigenvalue weighted by molar-refractivity contribution is -0.967. The van der Waals surface area contributed by atoms with Crippen LogP contribution in [0.15, 0.2) is 65.6 Å². The summed E-state index contributed by atoms with van der Waals surface area (Å²) in [6.07, 6.45) is 8.39. The average Bonchev–Trinajstić information content (AvgIpc) is 3.08. The van der Waals surface area contributed by atoms with Gasteiger partial charge in [0.1, 0.15) is 5.76 Å². The van der Waals surface area contributed by atoms with Crippen LogP contribution in [0.25, 0.3) is 0 Å². The molecular formula is C38H51N2O5+. The highest BCUT2D eigenvalue weighted by atomic mass is 16.5. The number of amides is 1. The molecule has 0 bridgehead atoms. The number of methoxy groups -OCH3 is 4. The molecule has 3 aliphatic heterocycles. The van der Waals surface area contributed by atoms with Crippen molar-refractivity contribution < 1.29 is 28.2 Å². The molecule has 6 unspecified atom stereocenters. The number of quaternary nitrogens is 1. The molecule has 0 aromatic heterocycles. The van der Waals surface area contributed by atoms with Crippen LogP contribution in [0, 0.1) is 17.8 Å². The standard InChI is InChI=1S/C38H51N2O5/c1-7-40-18-16-29-21-34(43-4)36(45-6)23-31(29)37(40)25(2)19-26(24-40)13-14-32-30-22-35(44-5)33(42-3)20-28(30)15-17-39(32)38(41)27-11-9-8-10-12-27/h8-12,20-22,25-26,31-32,37H,7,13-19,23-24H2,1-6H3/q+1. The van der Waals surface area contributed by atoms with Gasteiger partial charge in [0, 0.05) is 42.7 Å². The number of rotatable bonds is 9. The molecule has 2 aromatic carbocycles. The summed E-state index contributed by atoms with van der Waals surface area (Å²) in [5, 5.41) is 0. The van der Waals surface area contributed by atoms with Crippen LogP contribution in [0.2, 0.25) is 0 Å². The Bertz CT molecular complexity index is 1450. The molecule has 1 aliphatic carbocycles. The molecule has 2 aromatic rings. The molecule has 7 nitrogen and oxygen atoms in total. The largest absolute Gasteiger partial charge is 0.497 e. The Kier molecular flexibility index (Phi) is 9.19. The van der Waals surface area contributed by atoms with Crippen LogP contribution < -0.4 is 9.47 Å². The highest BCUT2D eigenvalue weighted by Crippen LogP contribution is 2.50. The lowest BCUT2D eigenvalue weighted by Gasteiger charge is -2.58. The Morgan fingerprint density at radius 2 is 1.71 bits per heavy atom. The number of ether oxygens (including phenoxy) is 4. The fraction of sp³-hybridized carbons (Fsp3) is 0.553. The third-order valence-electron chi connectivity index (χ3n) is 11.5. The lowest BCUT2D eigenvalue weighted by atomic mass is 9.67. The van der Waals surface area contributed by atoms with Gasteiger partial charge in [-0.3, -0.25) is 4.79 Å². The fourth-order valence-electron chi connectivity index (χ4n) is 9.46. The summed E-state index contributed by atoms with van der Waals surface area (Å²) in [7, 11) is 6.91. The highest BCUT2D eigenvalue weighted by Gasteiger charge is 2.54. The quantitative estimate of drug-likeness (QED) is 0.286. The van der Waals surface area contributed by atoms with Gasteiger partial charge in [0.2, 0.25) is 0 Å². The van der Waals surface area contributed by atoms with Crippen LogP contribution in [-0.2, 0) is 15.9 Å². The van der Waals surface area contributed by atoms with Crippen molar-refractivity contribution in [3.63, 3.8) is 0 Å². The van der Waals surface area contributed by atoms with Crippen molar-refractivity contribution in [3.05, 3.63) is 82.3 Å². The zero-order valence-electron chi connectivity index (χ0n) is 28.0. The minimum absolute atomic E-state index is 0.000433. The first kappa shape index (κ1) is 31.5. The van der Waals surface area contributed by atoms with E-state index in [0.29, 0.717) is 30.3 Å². The monoisotopic (exact) mass is 615 g/mol. The summed E-state index contributed by atoms with van der Waals surface area (Å²) in [5.41, 5.74) is 4.76. The molecule has 242 valence electrons. The molecule has 0 N–H and O–H groups in total. The van der Waals surface area contributed by atoms with E-state index >= 15 is 0 Å². The third-order valence-corrected chi connectivity index (χ3v) is 11.5. The molecule has 0 spiro atoms. The van der Waals surface area contributed by atoms with E-state index in [1.807, 2.05) is 30.3 Å². The molecule has 0 saturated carbocycles. The van der Waals surface area contributed by atoms with E-state index in [-0.39, 0.29) is 11.9 Å². The number of nitrogens with zero attached hydrogens (tertiary/aromatic N) is 2. The number of hydrogen-bond acceptors (Lipinski definition) is 5. The van der Waals surface area contributed by atoms with Gasteiger partial charge in [0.05, 0.1) is 60.2 Å². The number of allylic oxidation sites excluding steroid dienone is 2. The molecule has 2 fully saturated rings. The van der Waals surface area contributed by atoms with Crippen molar-refractivity contribution in [2.75, 3.05) is 54.6 Å². The first-order valence-corrected chi connectivity index (χ1v) is 16.8. The number of hydrogen-bond donors (Lipinski definition) is 0. The van der Waals surface area contributed by atoms with Gasteiger partial charge in [-0.2, -0.15) is 0 Å². The Morgan fingerprint density at radius 3 is 2.40 bits per heavy atom. The van der Waals surface area contributed by atoms with E-state index in [2.05, 4.69) is 37.0 Å². The molecule has 7 heteroatoms. The van der Waals surface area contributed by atoms with Crippen molar-refractivity contribution in [1.82, 2.24) is 4.90 Å². The minimum Gasteiger partial charge on any atom is -0.497 e. The number of piperidine rings is 2. The van der Waals surface area contributed by atoms with Crippen LogP contribution in [0.4, 0.5) is 0 Å². The van der Waals surface area contributed by atoms with Crippen molar-refractivity contribution >= 4 is 5.91 Å². The second-order valence-electron chi connectivity index (χ2n) is 13.6. The van der Waals surface area contributed by atoms with Crippen LogP contribution in [-0.4, -0.2) is 76.0 Å².